The molecule has 0 aromatic heterocycles. The van der Waals surface area contributed by atoms with Crippen molar-refractivity contribution < 1.29 is 9.90 Å². The molecule has 0 heterocycles. The highest BCUT2D eigenvalue weighted by Gasteiger charge is 2.16. The van der Waals surface area contributed by atoms with Crippen molar-refractivity contribution in [1.82, 2.24) is 5.32 Å². The van der Waals surface area contributed by atoms with Gasteiger partial charge in [0.2, 0.25) is 5.91 Å². The van der Waals surface area contributed by atoms with Gasteiger partial charge in [-0.15, -0.1) is 11.6 Å². The number of rotatable bonds is 4. The van der Waals surface area contributed by atoms with Crippen LogP contribution in [0.25, 0.3) is 0 Å². The summed E-state index contributed by atoms with van der Waals surface area (Å²) in [5.74, 6) is -0.131. The van der Waals surface area contributed by atoms with Crippen LogP contribution in [0.1, 0.15) is 20.8 Å². The topological polar surface area (TPSA) is 49.3 Å². The molecule has 0 aliphatic heterocycles. The summed E-state index contributed by atoms with van der Waals surface area (Å²) >= 11 is 5.55. The average molecular weight is 194 g/mol. The van der Waals surface area contributed by atoms with Gasteiger partial charge in [-0.25, -0.2) is 0 Å². The maximum atomic E-state index is 11.0. The number of hydrogen-bond acceptors (Lipinski definition) is 2. The van der Waals surface area contributed by atoms with E-state index in [9.17, 15) is 4.79 Å². The SMILES string of the molecule is CC(Cl)C(=O)NC(C)C(C)CO. The molecule has 0 aromatic carbocycles. The molecule has 0 rings (SSSR count). The summed E-state index contributed by atoms with van der Waals surface area (Å²) in [5, 5.41) is 11.0. The second-order valence-corrected chi connectivity index (χ2v) is 3.73. The zero-order chi connectivity index (χ0) is 9.72. The summed E-state index contributed by atoms with van der Waals surface area (Å²) in [6, 6.07) is -0.0382. The number of aliphatic hydroxyl groups is 1. The molecular weight excluding hydrogens is 178 g/mol. The van der Waals surface area contributed by atoms with E-state index in [1.807, 2.05) is 13.8 Å². The Bertz CT molecular complexity index is 150. The van der Waals surface area contributed by atoms with Crippen LogP contribution in [-0.2, 0) is 4.79 Å². The van der Waals surface area contributed by atoms with Crippen molar-refractivity contribution in [3.8, 4) is 0 Å². The van der Waals surface area contributed by atoms with Crippen molar-refractivity contribution in [3.63, 3.8) is 0 Å². The molecule has 3 nitrogen and oxygen atoms in total. The van der Waals surface area contributed by atoms with Gasteiger partial charge in [0, 0.05) is 12.6 Å². The van der Waals surface area contributed by atoms with E-state index in [1.54, 1.807) is 6.92 Å². The third kappa shape index (κ3) is 3.93. The van der Waals surface area contributed by atoms with E-state index in [4.69, 9.17) is 16.7 Å². The standard InChI is InChI=1S/C8H16ClNO2/c1-5(4-11)7(3)10-8(12)6(2)9/h5-7,11H,4H2,1-3H3,(H,10,12). The molecule has 0 saturated carbocycles. The van der Waals surface area contributed by atoms with Gasteiger partial charge in [0.15, 0.2) is 0 Å². The normalized spacial score (nSPS) is 18.1. The van der Waals surface area contributed by atoms with Crippen LogP contribution < -0.4 is 5.32 Å². The van der Waals surface area contributed by atoms with Gasteiger partial charge < -0.3 is 10.4 Å². The highest BCUT2D eigenvalue weighted by molar-refractivity contribution is 6.30. The highest BCUT2D eigenvalue weighted by Crippen LogP contribution is 2.02. The predicted molar refractivity (Wildman–Crippen MR) is 49.2 cm³/mol. The lowest BCUT2D eigenvalue weighted by atomic mass is 10.1. The zero-order valence-corrected chi connectivity index (χ0v) is 8.43. The van der Waals surface area contributed by atoms with Crippen LogP contribution in [0.4, 0.5) is 0 Å². The van der Waals surface area contributed by atoms with Crippen molar-refractivity contribution in [3.05, 3.63) is 0 Å². The molecule has 3 atom stereocenters. The lowest BCUT2D eigenvalue weighted by Crippen LogP contribution is -2.41. The van der Waals surface area contributed by atoms with Crippen molar-refractivity contribution in [2.24, 2.45) is 5.92 Å². The van der Waals surface area contributed by atoms with E-state index in [0.29, 0.717) is 0 Å². The van der Waals surface area contributed by atoms with Crippen molar-refractivity contribution in [2.75, 3.05) is 6.61 Å². The largest absolute Gasteiger partial charge is 0.396 e. The Hall–Kier alpha value is -0.280. The smallest absolute Gasteiger partial charge is 0.237 e. The van der Waals surface area contributed by atoms with Crippen LogP contribution in [0.2, 0.25) is 0 Å². The molecule has 12 heavy (non-hydrogen) atoms. The maximum absolute atomic E-state index is 11.0. The highest BCUT2D eigenvalue weighted by atomic mass is 35.5. The summed E-state index contributed by atoms with van der Waals surface area (Å²) in [6.45, 7) is 5.40. The van der Waals surface area contributed by atoms with Gasteiger partial charge in [0.25, 0.3) is 0 Å². The number of alkyl halides is 1. The summed E-state index contributed by atoms with van der Waals surface area (Å²) in [4.78, 5) is 11.0. The fraction of sp³-hybridized carbons (Fsp3) is 0.875. The molecule has 0 aliphatic carbocycles. The summed E-state index contributed by atoms with van der Waals surface area (Å²) in [7, 11) is 0. The molecule has 0 bridgehead atoms. The van der Waals surface area contributed by atoms with Gasteiger partial charge in [-0.05, 0) is 19.8 Å². The molecule has 4 heteroatoms. The Balaban J connectivity index is 3.83. The van der Waals surface area contributed by atoms with Gasteiger partial charge >= 0.3 is 0 Å². The first-order valence-electron chi connectivity index (χ1n) is 4.04. The molecule has 0 aromatic rings. The van der Waals surface area contributed by atoms with Gasteiger partial charge in [-0.3, -0.25) is 4.79 Å². The van der Waals surface area contributed by atoms with Crippen molar-refractivity contribution >= 4 is 17.5 Å². The monoisotopic (exact) mass is 193 g/mol. The fourth-order valence-electron chi connectivity index (χ4n) is 0.640. The Kier molecular flexibility index (Phi) is 5.25. The molecular formula is C8H16ClNO2. The molecule has 0 aliphatic rings. The molecule has 72 valence electrons. The van der Waals surface area contributed by atoms with Crippen molar-refractivity contribution in [1.29, 1.82) is 0 Å². The molecule has 0 spiro atoms. The van der Waals surface area contributed by atoms with Gasteiger partial charge in [-0.1, -0.05) is 6.92 Å². The number of halogens is 1. The quantitative estimate of drug-likeness (QED) is 0.648. The van der Waals surface area contributed by atoms with E-state index >= 15 is 0 Å². The molecule has 0 saturated heterocycles. The Morgan fingerprint density at radius 2 is 2.00 bits per heavy atom. The first kappa shape index (κ1) is 11.7. The van der Waals surface area contributed by atoms with E-state index in [0.717, 1.165) is 0 Å². The number of hydrogen-bond donors (Lipinski definition) is 2. The second kappa shape index (κ2) is 5.38. The summed E-state index contributed by atoms with van der Waals surface area (Å²) in [6.07, 6.45) is 0. The maximum Gasteiger partial charge on any atom is 0.237 e. The molecule has 3 unspecified atom stereocenters. The summed E-state index contributed by atoms with van der Waals surface area (Å²) in [5.41, 5.74) is 0. The Morgan fingerprint density at radius 3 is 2.33 bits per heavy atom. The summed E-state index contributed by atoms with van der Waals surface area (Å²) < 4.78 is 0. The lowest BCUT2D eigenvalue weighted by Gasteiger charge is -2.19. The predicted octanol–water partition coefficient (Wildman–Crippen LogP) is 0.747. The van der Waals surface area contributed by atoms with Crippen LogP contribution in [-0.4, -0.2) is 29.0 Å². The third-order valence-corrected chi connectivity index (χ3v) is 2.07. The van der Waals surface area contributed by atoms with E-state index in [1.165, 1.54) is 0 Å². The first-order chi connectivity index (χ1) is 5.49. The number of carbonyl (C=O) groups is 1. The van der Waals surface area contributed by atoms with Crippen LogP contribution in [0, 0.1) is 5.92 Å². The van der Waals surface area contributed by atoms with Gasteiger partial charge in [-0.2, -0.15) is 0 Å². The molecule has 1 amide bonds. The van der Waals surface area contributed by atoms with Crippen LogP contribution >= 0.6 is 11.6 Å². The van der Waals surface area contributed by atoms with Gasteiger partial charge in [0.05, 0.1) is 0 Å². The van der Waals surface area contributed by atoms with E-state index < -0.39 is 5.38 Å². The molecule has 0 radical (unpaired) electrons. The third-order valence-electron chi connectivity index (χ3n) is 1.87. The van der Waals surface area contributed by atoms with Crippen LogP contribution in [0.3, 0.4) is 0 Å². The Morgan fingerprint density at radius 1 is 1.50 bits per heavy atom. The minimum absolute atomic E-state index is 0.0382. The van der Waals surface area contributed by atoms with E-state index in [2.05, 4.69) is 5.32 Å². The minimum Gasteiger partial charge on any atom is -0.396 e. The van der Waals surface area contributed by atoms with E-state index in [-0.39, 0.29) is 24.5 Å². The molecule has 2 N–H and O–H groups in total. The zero-order valence-electron chi connectivity index (χ0n) is 7.67. The number of nitrogens with one attached hydrogen (secondary N) is 1. The van der Waals surface area contributed by atoms with Crippen molar-refractivity contribution in [2.45, 2.75) is 32.2 Å². The number of carbonyl (C=O) groups excluding carboxylic acids is 1. The minimum atomic E-state index is -0.515. The number of aliphatic hydroxyl groups excluding tert-OH is 1. The first-order valence-corrected chi connectivity index (χ1v) is 4.48. The Labute approximate surface area is 78.1 Å². The lowest BCUT2D eigenvalue weighted by molar-refractivity contribution is -0.121. The van der Waals surface area contributed by atoms with Crippen LogP contribution in [0.15, 0.2) is 0 Å². The average Bonchev–Trinajstić information content (AvgIpc) is 2.02. The number of amides is 1. The van der Waals surface area contributed by atoms with Gasteiger partial charge in [0.1, 0.15) is 5.38 Å². The second-order valence-electron chi connectivity index (χ2n) is 3.07. The molecule has 0 fully saturated rings. The fourth-order valence-corrected chi connectivity index (χ4v) is 0.703. The van der Waals surface area contributed by atoms with Crippen LogP contribution in [0.5, 0.6) is 0 Å².